The van der Waals surface area contributed by atoms with Gasteiger partial charge in [-0.15, -0.1) is 0 Å². The van der Waals surface area contributed by atoms with Crippen LogP contribution in [0.15, 0.2) is 69.6 Å². The van der Waals surface area contributed by atoms with E-state index in [1.807, 2.05) is 30.3 Å². The summed E-state index contributed by atoms with van der Waals surface area (Å²) in [7, 11) is 0. The van der Waals surface area contributed by atoms with Crippen LogP contribution >= 0.6 is 22.9 Å². The number of thiazole rings is 1. The first kappa shape index (κ1) is 23.0. The van der Waals surface area contributed by atoms with Gasteiger partial charge in [0, 0.05) is 17.0 Å². The van der Waals surface area contributed by atoms with E-state index in [0.29, 0.717) is 38.7 Å². The van der Waals surface area contributed by atoms with Gasteiger partial charge in [-0.1, -0.05) is 87.0 Å². The van der Waals surface area contributed by atoms with Crippen LogP contribution in [0, 0.1) is 5.41 Å². The topological polar surface area (TPSA) is 51.4 Å². The molecule has 0 radical (unpaired) electrons. The molecule has 1 unspecified atom stereocenters. The molecule has 1 aliphatic heterocycles. The van der Waals surface area contributed by atoms with Crippen LogP contribution in [0.4, 0.5) is 0 Å². The second-order valence-corrected chi connectivity index (χ2v) is 11.7. The molecule has 1 aliphatic carbocycles. The number of fused-ring (bicyclic) bond motifs is 1. The number of allylic oxidation sites excluding steroid dienone is 2. The van der Waals surface area contributed by atoms with Gasteiger partial charge in [0.1, 0.15) is 0 Å². The number of benzene rings is 2. The fourth-order valence-corrected chi connectivity index (χ4v) is 5.98. The maximum absolute atomic E-state index is 13.7. The zero-order chi connectivity index (χ0) is 24.2. The van der Waals surface area contributed by atoms with E-state index >= 15 is 0 Å². The third-order valence-corrected chi connectivity index (χ3v) is 7.82. The minimum atomic E-state index is -0.488. The van der Waals surface area contributed by atoms with E-state index in [0.717, 1.165) is 16.8 Å². The molecule has 0 fully saturated rings. The average Bonchev–Trinajstić information content (AvgIpc) is 3.07. The fourth-order valence-electron chi connectivity index (χ4n) is 4.84. The Hall–Kier alpha value is -2.76. The molecule has 3 aromatic rings. The predicted molar refractivity (Wildman–Crippen MR) is 138 cm³/mol. The van der Waals surface area contributed by atoms with Crippen molar-refractivity contribution in [1.82, 2.24) is 4.57 Å². The van der Waals surface area contributed by atoms with Crippen molar-refractivity contribution in [3.8, 4) is 0 Å². The monoisotopic (exact) mass is 490 g/mol. The summed E-state index contributed by atoms with van der Waals surface area (Å²) in [6.45, 7) is 8.51. The lowest BCUT2D eigenvalue weighted by Gasteiger charge is -2.35. The van der Waals surface area contributed by atoms with E-state index in [1.165, 1.54) is 16.9 Å². The van der Waals surface area contributed by atoms with Crippen molar-refractivity contribution in [1.29, 1.82) is 0 Å². The second kappa shape index (κ2) is 8.47. The Bertz CT molecular complexity index is 1490. The lowest BCUT2D eigenvalue weighted by Crippen LogP contribution is -2.42. The highest BCUT2D eigenvalue weighted by molar-refractivity contribution is 7.07. The Kier molecular flexibility index (Phi) is 5.73. The minimum Gasteiger partial charge on any atom is -0.294 e. The van der Waals surface area contributed by atoms with E-state index < -0.39 is 6.04 Å². The van der Waals surface area contributed by atoms with Gasteiger partial charge >= 0.3 is 0 Å². The van der Waals surface area contributed by atoms with Gasteiger partial charge < -0.3 is 0 Å². The molecule has 2 heterocycles. The van der Waals surface area contributed by atoms with Crippen LogP contribution in [-0.2, 0) is 4.79 Å². The van der Waals surface area contributed by atoms with Crippen LogP contribution in [0.1, 0.15) is 69.2 Å². The molecule has 0 saturated heterocycles. The zero-order valence-electron chi connectivity index (χ0n) is 19.8. The van der Waals surface area contributed by atoms with Crippen molar-refractivity contribution in [2.24, 2.45) is 10.4 Å². The summed E-state index contributed by atoms with van der Waals surface area (Å²) in [4.78, 5) is 32.5. The van der Waals surface area contributed by atoms with E-state index in [1.54, 1.807) is 16.7 Å². The fraction of sp³-hybridized carbons (Fsp3) is 0.321. The standard InChI is InChI=1S/C28H27ClN2O2S/c1-16(2)18-7-5-17(6-8-18)13-23-26(33)31-25(19-9-11-20(29)12-10-19)24-21(30-27(31)34-23)14-28(3,4)15-22(24)32/h5-13,16,25H,14-15H2,1-4H3. The summed E-state index contributed by atoms with van der Waals surface area (Å²) in [5.74, 6) is 0.514. The van der Waals surface area contributed by atoms with Crippen LogP contribution in [0.2, 0.25) is 5.02 Å². The summed E-state index contributed by atoms with van der Waals surface area (Å²) in [5.41, 5.74) is 4.26. The van der Waals surface area contributed by atoms with Crippen LogP contribution in [-0.4, -0.2) is 10.4 Å². The molecule has 4 nitrogen and oxygen atoms in total. The minimum absolute atomic E-state index is 0.0634. The number of carbonyl (C=O) groups excluding carboxylic acids is 1. The molecule has 2 aliphatic rings. The quantitative estimate of drug-likeness (QED) is 0.495. The molecule has 174 valence electrons. The number of hydrogen-bond donors (Lipinski definition) is 0. The number of carbonyl (C=O) groups is 1. The second-order valence-electron chi connectivity index (χ2n) is 10.3. The van der Waals surface area contributed by atoms with Gasteiger partial charge in [0.05, 0.1) is 16.3 Å². The first-order chi connectivity index (χ1) is 16.1. The lowest BCUT2D eigenvalue weighted by atomic mass is 9.73. The SMILES string of the molecule is CC(C)c1ccc(C=c2sc3n(c2=O)C(c2ccc(Cl)cc2)C2=C(CC(C)(C)CC2=O)N=3)cc1. The van der Waals surface area contributed by atoms with Gasteiger partial charge in [-0.3, -0.25) is 14.2 Å². The molecular formula is C28H27ClN2O2S. The highest BCUT2D eigenvalue weighted by Gasteiger charge is 2.40. The Morgan fingerprint density at radius 3 is 2.38 bits per heavy atom. The summed E-state index contributed by atoms with van der Waals surface area (Å²) in [6.07, 6.45) is 3.07. The number of rotatable bonds is 3. The van der Waals surface area contributed by atoms with Crippen molar-refractivity contribution in [3.05, 3.63) is 101 Å². The van der Waals surface area contributed by atoms with Gasteiger partial charge in [0.15, 0.2) is 10.6 Å². The Labute approximate surface area is 207 Å². The molecule has 34 heavy (non-hydrogen) atoms. The van der Waals surface area contributed by atoms with Crippen LogP contribution in [0.25, 0.3) is 6.08 Å². The molecule has 0 saturated carbocycles. The highest BCUT2D eigenvalue weighted by atomic mass is 35.5. The van der Waals surface area contributed by atoms with Gasteiger partial charge in [-0.05, 0) is 52.7 Å². The predicted octanol–water partition coefficient (Wildman–Crippen LogP) is 5.38. The third kappa shape index (κ3) is 4.12. The number of Topliss-reactive ketones (excluding diaryl/α,β-unsaturated/α-hetero) is 1. The smallest absolute Gasteiger partial charge is 0.271 e. The number of halogens is 1. The molecular weight excluding hydrogens is 464 g/mol. The number of nitrogens with zero attached hydrogens (tertiary/aromatic N) is 2. The average molecular weight is 491 g/mol. The maximum Gasteiger partial charge on any atom is 0.271 e. The first-order valence-electron chi connectivity index (χ1n) is 11.6. The number of hydrogen-bond acceptors (Lipinski definition) is 4. The molecule has 6 heteroatoms. The first-order valence-corrected chi connectivity index (χ1v) is 12.8. The van der Waals surface area contributed by atoms with E-state index in [9.17, 15) is 9.59 Å². The van der Waals surface area contributed by atoms with Gasteiger partial charge in [0.2, 0.25) is 0 Å². The number of aromatic nitrogens is 1. The third-order valence-electron chi connectivity index (χ3n) is 6.58. The molecule has 2 aromatic carbocycles. The van der Waals surface area contributed by atoms with Crippen LogP contribution in [0.3, 0.4) is 0 Å². The summed E-state index contributed by atoms with van der Waals surface area (Å²) in [6, 6.07) is 15.2. The normalized spacial score (nSPS) is 19.8. The molecule has 1 atom stereocenters. The largest absolute Gasteiger partial charge is 0.294 e. The molecule has 0 spiro atoms. The van der Waals surface area contributed by atoms with Crippen LogP contribution in [0.5, 0.6) is 0 Å². The van der Waals surface area contributed by atoms with Crippen molar-refractivity contribution in [2.75, 3.05) is 0 Å². The van der Waals surface area contributed by atoms with Crippen molar-refractivity contribution in [2.45, 2.75) is 52.5 Å². The molecule has 0 N–H and O–H groups in total. The van der Waals surface area contributed by atoms with Gasteiger partial charge in [-0.25, -0.2) is 4.99 Å². The van der Waals surface area contributed by atoms with E-state index in [2.05, 4.69) is 39.8 Å². The highest BCUT2D eigenvalue weighted by Crippen LogP contribution is 2.43. The Balaban J connectivity index is 1.71. The van der Waals surface area contributed by atoms with Crippen molar-refractivity contribution < 1.29 is 4.79 Å². The van der Waals surface area contributed by atoms with E-state index in [4.69, 9.17) is 16.6 Å². The van der Waals surface area contributed by atoms with E-state index in [-0.39, 0.29) is 16.8 Å². The summed E-state index contributed by atoms with van der Waals surface area (Å²) >= 11 is 7.52. The van der Waals surface area contributed by atoms with Crippen molar-refractivity contribution >= 4 is 34.8 Å². The Morgan fingerprint density at radius 1 is 1.06 bits per heavy atom. The summed E-state index contributed by atoms with van der Waals surface area (Å²) < 4.78 is 2.30. The van der Waals surface area contributed by atoms with Crippen molar-refractivity contribution in [3.63, 3.8) is 0 Å². The lowest BCUT2D eigenvalue weighted by molar-refractivity contribution is -0.118. The maximum atomic E-state index is 13.7. The Morgan fingerprint density at radius 2 is 1.74 bits per heavy atom. The van der Waals surface area contributed by atoms with Crippen LogP contribution < -0.4 is 14.9 Å². The van der Waals surface area contributed by atoms with Gasteiger partial charge in [0.25, 0.3) is 5.56 Å². The molecule has 0 bridgehead atoms. The molecule has 5 rings (SSSR count). The zero-order valence-corrected chi connectivity index (χ0v) is 21.3. The summed E-state index contributed by atoms with van der Waals surface area (Å²) in [5, 5.41) is 0.617. The molecule has 1 aromatic heterocycles. The van der Waals surface area contributed by atoms with Gasteiger partial charge in [-0.2, -0.15) is 0 Å². The number of ketones is 1. The molecule has 0 amide bonds.